The molecule has 3 aromatic carbocycles. The Morgan fingerprint density at radius 3 is 2.12 bits per heavy atom. The van der Waals surface area contributed by atoms with E-state index in [-0.39, 0.29) is 23.9 Å². The van der Waals surface area contributed by atoms with Gasteiger partial charge >= 0.3 is 0 Å². The van der Waals surface area contributed by atoms with Crippen molar-refractivity contribution in [2.45, 2.75) is 18.7 Å². The average Bonchev–Trinajstić information content (AvgIpc) is 2.82. The molecule has 0 radical (unpaired) electrons. The Kier molecular flexibility index (Phi) is 8.48. The van der Waals surface area contributed by atoms with Crippen molar-refractivity contribution in [1.29, 1.82) is 0 Å². The Morgan fingerprint density at radius 2 is 1.50 bits per heavy atom. The smallest absolute Gasteiger partial charge is 0.264 e. The highest BCUT2D eigenvalue weighted by atomic mass is 32.2. The van der Waals surface area contributed by atoms with Gasteiger partial charge in [0.05, 0.1) is 23.7 Å². The van der Waals surface area contributed by atoms with E-state index in [1.54, 1.807) is 36.4 Å². The molecule has 0 atom stereocenters. The Labute approximate surface area is 199 Å². The summed E-state index contributed by atoms with van der Waals surface area (Å²) in [5.74, 6) is 0.201. The molecule has 180 valence electrons. The number of halogens is 1. The fourth-order valence-corrected chi connectivity index (χ4v) is 4.53. The van der Waals surface area contributed by atoms with Gasteiger partial charge in [-0.05, 0) is 74.5 Å². The molecule has 0 aliphatic rings. The summed E-state index contributed by atoms with van der Waals surface area (Å²) in [4.78, 5) is 12.7. The van der Waals surface area contributed by atoms with Gasteiger partial charge in [-0.25, -0.2) is 12.8 Å². The van der Waals surface area contributed by atoms with E-state index < -0.39 is 22.5 Å². The van der Waals surface area contributed by atoms with Crippen molar-refractivity contribution < 1.29 is 27.1 Å². The van der Waals surface area contributed by atoms with Crippen molar-refractivity contribution in [3.8, 4) is 11.5 Å². The van der Waals surface area contributed by atoms with E-state index in [2.05, 4.69) is 5.32 Å². The molecule has 0 bridgehead atoms. The molecule has 0 aliphatic carbocycles. The van der Waals surface area contributed by atoms with Gasteiger partial charge < -0.3 is 14.8 Å². The third kappa shape index (κ3) is 6.71. The Hall–Kier alpha value is -3.59. The average molecular weight is 487 g/mol. The van der Waals surface area contributed by atoms with Crippen molar-refractivity contribution in [2.75, 3.05) is 30.6 Å². The lowest BCUT2D eigenvalue weighted by Gasteiger charge is -2.24. The number of hydrogen-bond donors (Lipinski definition) is 1. The maximum Gasteiger partial charge on any atom is 0.264 e. The van der Waals surface area contributed by atoms with Crippen LogP contribution in [-0.2, 0) is 14.8 Å². The maximum absolute atomic E-state index is 13.4. The highest BCUT2D eigenvalue weighted by molar-refractivity contribution is 7.92. The van der Waals surface area contributed by atoms with Gasteiger partial charge in [-0.1, -0.05) is 17.7 Å². The Bertz CT molecular complexity index is 1180. The Balaban J connectivity index is 1.71. The van der Waals surface area contributed by atoms with Crippen molar-refractivity contribution in [3.05, 3.63) is 84.2 Å². The van der Waals surface area contributed by atoms with Crippen LogP contribution in [0.3, 0.4) is 0 Å². The fraction of sp³-hybridized carbons (Fsp3) is 0.240. The first-order valence-corrected chi connectivity index (χ1v) is 12.2. The lowest BCUT2D eigenvalue weighted by molar-refractivity contribution is -0.119. The molecule has 0 unspecified atom stereocenters. The molecular formula is C25H27FN2O5S. The summed E-state index contributed by atoms with van der Waals surface area (Å²) in [7, 11) is -4.00. The number of hydrogen-bond acceptors (Lipinski definition) is 5. The van der Waals surface area contributed by atoms with E-state index in [1.165, 1.54) is 36.4 Å². The van der Waals surface area contributed by atoms with Crippen molar-refractivity contribution in [3.63, 3.8) is 0 Å². The number of carbonyl (C=O) groups excluding carboxylic acids is 1. The standard InChI is InChI=1S/C25H27FN2O5S/c1-3-32-22-12-8-21(9-13-22)28(34(30,31)24-14-4-19(2)5-15-24)18-25(29)27-16-17-33-23-10-6-20(26)7-11-23/h4-15H,3,16-18H2,1-2H3,(H,27,29). The van der Waals surface area contributed by atoms with E-state index in [9.17, 15) is 17.6 Å². The van der Waals surface area contributed by atoms with Crippen molar-refractivity contribution in [1.82, 2.24) is 5.32 Å². The van der Waals surface area contributed by atoms with Crippen LogP contribution in [0.15, 0.2) is 77.7 Å². The number of benzene rings is 3. The molecule has 7 nitrogen and oxygen atoms in total. The zero-order valence-corrected chi connectivity index (χ0v) is 19.8. The number of nitrogens with one attached hydrogen (secondary N) is 1. The molecule has 3 rings (SSSR count). The topological polar surface area (TPSA) is 84.9 Å². The minimum Gasteiger partial charge on any atom is -0.494 e. The monoisotopic (exact) mass is 486 g/mol. The minimum atomic E-state index is -4.00. The van der Waals surface area contributed by atoms with E-state index in [0.29, 0.717) is 23.8 Å². The lowest BCUT2D eigenvalue weighted by Crippen LogP contribution is -2.41. The van der Waals surface area contributed by atoms with E-state index in [4.69, 9.17) is 9.47 Å². The molecule has 0 saturated carbocycles. The lowest BCUT2D eigenvalue weighted by atomic mass is 10.2. The number of sulfonamides is 1. The molecule has 1 N–H and O–H groups in total. The fourth-order valence-electron chi connectivity index (χ4n) is 3.10. The molecule has 0 heterocycles. The van der Waals surface area contributed by atoms with Crippen molar-refractivity contribution >= 4 is 21.6 Å². The number of nitrogens with zero attached hydrogens (tertiary/aromatic N) is 1. The zero-order chi connectivity index (χ0) is 24.6. The third-order valence-corrected chi connectivity index (χ3v) is 6.63. The number of aryl methyl sites for hydroxylation is 1. The molecule has 1 amide bonds. The third-order valence-electron chi connectivity index (χ3n) is 4.84. The van der Waals surface area contributed by atoms with Gasteiger partial charge in [-0.2, -0.15) is 0 Å². The molecule has 34 heavy (non-hydrogen) atoms. The summed E-state index contributed by atoms with van der Waals surface area (Å²) in [6, 6.07) is 18.5. The maximum atomic E-state index is 13.4. The van der Waals surface area contributed by atoms with Gasteiger partial charge in [0, 0.05) is 0 Å². The van der Waals surface area contributed by atoms with Crippen LogP contribution in [0.1, 0.15) is 12.5 Å². The predicted octanol–water partition coefficient (Wildman–Crippen LogP) is 3.92. The number of carbonyl (C=O) groups is 1. The van der Waals surface area contributed by atoms with Crippen LogP contribution in [0.4, 0.5) is 10.1 Å². The second kappa shape index (κ2) is 11.5. The summed E-state index contributed by atoms with van der Waals surface area (Å²) in [5, 5.41) is 2.66. The predicted molar refractivity (Wildman–Crippen MR) is 128 cm³/mol. The first-order chi connectivity index (χ1) is 16.3. The molecular weight excluding hydrogens is 459 g/mol. The molecule has 0 aromatic heterocycles. The molecule has 0 spiro atoms. The SMILES string of the molecule is CCOc1ccc(N(CC(=O)NCCOc2ccc(F)cc2)S(=O)(=O)c2ccc(C)cc2)cc1. The van der Waals surface area contributed by atoms with Gasteiger partial charge in [0.25, 0.3) is 10.0 Å². The summed E-state index contributed by atoms with van der Waals surface area (Å²) in [6.45, 7) is 4.07. The number of ether oxygens (including phenoxy) is 2. The summed E-state index contributed by atoms with van der Waals surface area (Å²) in [5.41, 5.74) is 1.26. The quantitative estimate of drug-likeness (QED) is 0.415. The molecule has 0 saturated heterocycles. The molecule has 3 aromatic rings. The minimum absolute atomic E-state index is 0.0828. The number of rotatable bonds is 11. The first kappa shape index (κ1) is 25.0. The van der Waals surface area contributed by atoms with Crippen LogP contribution in [0.25, 0.3) is 0 Å². The van der Waals surface area contributed by atoms with Gasteiger partial charge in [-0.3, -0.25) is 9.10 Å². The second-order valence-electron chi connectivity index (χ2n) is 7.40. The van der Waals surface area contributed by atoms with Gasteiger partial charge in [0.2, 0.25) is 5.91 Å². The normalized spacial score (nSPS) is 11.0. The summed E-state index contributed by atoms with van der Waals surface area (Å²) >= 11 is 0. The van der Waals surface area contributed by atoms with Crippen molar-refractivity contribution in [2.24, 2.45) is 0 Å². The Morgan fingerprint density at radius 1 is 0.912 bits per heavy atom. The highest BCUT2D eigenvalue weighted by Gasteiger charge is 2.27. The van der Waals surface area contributed by atoms with Gasteiger partial charge in [0.1, 0.15) is 30.5 Å². The van der Waals surface area contributed by atoms with Crippen LogP contribution in [-0.4, -0.2) is 40.6 Å². The summed E-state index contributed by atoms with van der Waals surface area (Å²) in [6.07, 6.45) is 0. The second-order valence-corrected chi connectivity index (χ2v) is 9.27. The molecule has 0 aliphatic heterocycles. The van der Waals surface area contributed by atoms with Crippen LogP contribution >= 0.6 is 0 Å². The molecule has 9 heteroatoms. The first-order valence-electron chi connectivity index (χ1n) is 10.8. The van der Waals surface area contributed by atoms with Crippen LogP contribution in [0, 0.1) is 12.7 Å². The molecule has 0 fully saturated rings. The summed E-state index contributed by atoms with van der Waals surface area (Å²) < 4.78 is 51.7. The van der Waals surface area contributed by atoms with E-state index in [0.717, 1.165) is 9.87 Å². The number of amides is 1. The van der Waals surface area contributed by atoms with Crippen LogP contribution in [0.2, 0.25) is 0 Å². The van der Waals surface area contributed by atoms with Crippen LogP contribution in [0.5, 0.6) is 11.5 Å². The van der Waals surface area contributed by atoms with Gasteiger partial charge in [0.15, 0.2) is 0 Å². The largest absolute Gasteiger partial charge is 0.494 e. The zero-order valence-electron chi connectivity index (χ0n) is 19.0. The van der Waals surface area contributed by atoms with Crippen LogP contribution < -0.4 is 19.1 Å². The van der Waals surface area contributed by atoms with E-state index in [1.807, 2.05) is 13.8 Å². The number of anilines is 1. The van der Waals surface area contributed by atoms with E-state index >= 15 is 0 Å². The highest BCUT2D eigenvalue weighted by Crippen LogP contribution is 2.26. The van der Waals surface area contributed by atoms with Gasteiger partial charge in [-0.15, -0.1) is 0 Å².